The normalized spacial score (nSPS) is 28.2. The number of hydrogen-bond acceptors (Lipinski definition) is 5. The third-order valence-corrected chi connectivity index (χ3v) is 8.65. The molecule has 0 N–H and O–H groups in total. The van der Waals surface area contributed by atoms with Crippen LogP contribution in [0.5, 0.6) is 0 Å². The number of hydrogen-bond donors (Lipinski definition) is 0. The second-order valence-electron chi connectivity index (χ2n) is 10.7. The first-order chi connectivity index (χ1) is 18.5. The van der Waals surface area contributed by atoms with Crippen molar-refractivity contribution in [2.24, 2.45) is 35.5 Å². The van der Waals surface area contributed by atoms with E-state index in [0.29, 0.717) is 23.1 Å². The number of amides is 2. The number of imide groups is 1. The van der Waals surface area contributed by atoms with Crippen LogP contribution in [0.3, 0.4) is 0 Å². The Bertz CT molecular complexity index is 1470. The third kappa shape index (κ3) is 3.55. The molecular weight excluding hydrogens is 478 g/mol. The van der Waals surface area contributed by atoms with E-state index in [0.717, 1.165) is 17.5 Å². The Hall–Kier alpha value is -4.32. The Morgan fingerprint density at radius 2 is 1.37 bits per heavy atom. The summed E-state index contributed by atoms with van der Waals surface area (Å²) in [7, 11) is 0. The number of esters is 1. The number of ketones is 1. The Labute approximate surface area is 219 Å². The van der Waals surface area contributed by atoms with Crippen molar-refractivity contribution in [1.29, 1.82) is 0 Å². The molecule has 2 amide bonds. The van der Waals surface area contributed by atoms with Gasteiger partial charge in [-0.3, -0.25) is 14.4 Å². The van der Waals surface area contributed by atoms with Crippen LogP contribution in [0, 0.1) is 35.5 Å². The number of anilines is 1. The van der Waals surface area contributed by atoms with Crippen molar-refractivity contribution < 1.29 is 23.9 Å². The van der Waals surface area contributed by atoms with Crippen molar-refractivity contribution in [3.63, 3.8) is 0 Å². The lowest BCUT2D eigenvalue weighted by Crippen LogP contribution is -2.40. The summed E-state index contributed by atoms with van der Waals surface area (Å²) in [5.41, 5.74) is 3.05. The summed E-state index contributed by atoms with van der Waals surface area (Å²) in [6.07, 6.45) is 5.37. The predicted molar refractivity (Wildman–Crippen MR) is 140 cm³/mol. The van der Waals surface area contributed by atoms with Crippen molar-refractivity contribution >= 4 is 29.3 Å². The highest BCUT2D eigenvalue weighted by molar-refractivity contribution is 6.23. The maximum absolute atomic E-state index is 13.4. The van der Waals surface area contributed by atoms with Gasteiger partial charge in [-0.15, -0.1) is 0 Å². The Balaban J connectivity index is 1.03. The quantitative estimate of drug-likeness (QED) is 0.206. The van der Waals surface area contributed by atoms with Gasteiger partial charge in [0.25, 0.3) is 0 Å². The van der Waals surface area contributed by atoms with Crippen molar-refractivity contribution in [2.75, 3.05) is 11.5 Å². The largest absolute Gasteiger partial charge is 0.454 e. The predicted octanol–water partition coefficient (Wildman–Crippen LogP) is 4.95. The van der Waals surface area contributed by atoms with E-state index in [2.05, 4.69) is 12.2 Å². The van der Waals surface area contributed by atoms with Crippen LogP contribution in [0.1, 0.15) is 27.1 Å². The van der Waals surface area contributed by atoms with E-state index in [1.165, 1.54) is 11.0 Å². The molecule has 188 valence electrons. The molecule has 2 bridgehead atoms. The van der Waals surface area contributed by atoms with Gasteiger partial charge >= 0.3 is 5.97 Å². The zero-order valence-corrected chi connectivity index (χ0v) is 20.5. The van der Waals surface area contributed by atoms with E-state index >= 15 is 0 Å². The first-order valence-electron chi connectivity index (χ1n) is 13.0. The van der Waals surface area contributed by atoms with E-state index in [1.807, 2.05) is 42.5 Å². The van der Waals surface area contributed by atoms with Gasteiger partial charge in [0.1, 0.15) is 0 Å². The fourth-order valence-corrected chi connectivity index (χ4v) is 6.76. The molecule has 0 spiro atoms. The topological polar surface area (TPSA) is 80.8 Å². The van der Waals surface area contributed by atoms with Gasteiger partial charge in [0.15, 0.2) is 12.4 Å². The third-order valence-electron chi connectivity index (χ3n) is 8.65. The molecule has 0 aromatic heterocycles. The molecule has 6 atom stereocenters. The number of allylic oxidation sites excluding steroid dienone is 2. The minimum atomic E-state index is -0.680. The molecule has 1 aliphatic heterocycles. The number of carbonyl (C=O) groups excluding carboxylic acids is 4. The average molecular weight is 504 g/mol. The van der Waals surface area contributed by atoms with Gasteiger partial charge < -0.3 is 4.74 Å². The molecule has 5 aliphatic rings. The summed E-state index contributed by atoms with van der Waals surface area (Å²) in [5, 5.41) is 0. The molecule has 3 fully saturated rings. The van der Waals surface area contributed by atoms with Crippen LogP contribution in [-0.4, -0.2) is 30.2 Å². The maximum Gasteiger partial charge on any atom is 0.338 e. The number of rotatable bonds is 6. The van der Waals surface area contributed by atoms with E-state index in [9.17, 15) is 19.2 Å². The Morgan fingerprint density at radius 3 is 2.03 bits per heavy atom. The second-order valence-corrected chi connectivity index (χ2v) is 10.7. The Kier molecular flexibility index (Phi) is 5.18. The Morgan fingerprint density at radius 1 is 0.737 bits per heavy atom. The molecule has 3 aromatic carbocycles. The van der Waals surface area contributed by atoms with Crippen molar-refractivity contribution in [2.45, 2.75) is 6.42 Å². The molecule has 0 radical (unpaired) electrons. The minimum absolute atomic E-state index is 0.136. The van der Waals surface area contributed by atoms with E-state index in [4.69, 9.17) is 4.74 Å². The summed E-state index contributed by atoms with van der Waals surface area (Å²) < 4.78 is 5.30. The lowest BCUT2D eigenvalue weighted by molar-refractivity contribution is -0.124. The van der Waals surface area contributed by atoms with Crippen molar-refractivity contribution in [3.05, 3.63) is 102 Å². The zero-order chi connectivity index (χ0) is 26.0. The molecule has 38 heavy (non-hydrogen) atoms. The van der Waals surface area contributed by atoms with Gasteiger partial charge in [-0.05, 0) is 59.4 Å². The lowest BCUT2D eigenvalue weighted by atomic mass is 9.63. The monoisotopic (exact) mass is 503 g/mol. The summed E-state index contributed by atoms with van der Waals surface area (Å²) in [6.45, 7) is -0.405. The molecule has 6 nitrogen and oxygen atoms in total. The molecular formula is C32H25NO5. The van der Waals surface area contributed by atoms with Crippen LogP contribution in [-0.2, 0) is 14.3 Å². The SMILES string of the molecule is O=C(COC(=O)c1cccc(N2C(=O)C3C4C=CC(C5CC45)C3C2=O)c1)c1ccc(-c2ccccc2)cc1. The minimum Gasteiger partial charge on any atom is -0.454 e. The summed E-state index contributed by atoms with van der Waals surface area (Å²) >= 11 is 0. The first-order valence-corrected chi connectivity index (χ1v) is 13.0. The van der Waals surface area contributed by atoms with Gasteiger partial charge in [0.2, 0.25) is 11.8 Å². The summed E-state index contributed by atoms with van der Waals surface area (Å²) in [4.78, 5) is 53.5. The van der Waals surface area contributed by atoms with E-state index in [1.54, 1.807) is 30.3 Å². The number of ether oxygens (including phenoxy) is 1. The van der Waals surface area contributed by atoms with Gasteiger partial charge in [-0.2, -0.15) is 0 Å². The van der Waals surface area contributed by atoms with Crippen LogP contribution in [0.4, 0.5) is 5.69 Å². The molecule has 3 aromatic rings. The molecule has 1 heterocycles. The highest BCUT2D eigenvalue weighted by Gasteiger charge is 2.67. The second kappa shape index (κ2) is 8.62. The fraction of sp³-hybridized carbons (Fsp3) is 0.250. The van der Waals surface area contributed by atoms with Crippen LogP contribution < -0.4 is 4.90 Å². The fourth-order valence-electron chi connectivity index (χ4n) is 6.76. The highest BCUT2D eigenvalue weighted by atomic mass is 16.5. The molecule has 4 aliphatic carbocycles. The van der Waals surface area contributed by atoms with E-state index in [-0.39, 0.29) is 46.8 Å². The van der Waals surface area contributed by atoms with Crippen LogP contribution in [0.2, 0.25) is 0 Å². The van der Waals surface area contributed by atoms with Crippen molar-refractivity contribution in [3.8, 4) is 11.1 Å². The lowest BCUT2D eigenvalue weighted by Gasteiger charge is -2.37. The molecule has 6 unspecified atom stereocenters. The number of nitrogens with zero attached hydrogens (tertiary/aromatic N) is 1. The van der Waals surface area contributed by atoms with Crippen LogP contribution in [0.25, 0.3) is 11.1 Å². The van der Waals surface area contributed by atoms with Crippen LogP contribution >= 0.6 is 0 Å². The van der Waals surface area contributed by atoms with Gasteiger partial charge in [-0.1, -0.05) is 72.8 Å². The standard InChI is InChI=1S/C32H25NO5/c34-27(20-11-9-19(10-12-20)18-5-2-1-3-6-18)17-38-32(37)21-7-4-8-22(15-21)33-30(35)28-23-13-14-24(26-16-25(23)26)29(28)31(33)36/h1-15,23-26,28-29H,16-17H2. The maximum atomic E-state index is 13.4. The zero-order valence-electron chi connectivity index (χ0n) is 20.5. The summed E-state index contributed by atoms with van der Waals surface area (Å²) in [6, 6.07) is 23.4. The van der Waals surface area contributed by atoms with Crippen LogP contribution in [0.15, 0.2) is 91.0 Å². The molecule has 2 saturated carbocycles. The number of benzene rings is 3. The molecule has 1 saturated heterocycles. The average Bonchev–Trinajstić information content (AvgIpc) is 3.74. The molecule has 6 heteroatoms. The van der Waals surface area contributed by atoms with Gasteiger partial charge in [0, 0.05) is 5.56 Å². The van der Waals surface area contributed by atoms with E-state index < -0.39 is 12.6 Å². The number of carbonyl (C=O) groups is 4. The van der Waals surface area contributed by atoms with Crippen molar-refractivity contribution in [1.82, 2.24) is 0 Å². The smallest absolute Gasteiger partial charge is 0.338 e. The highest BCUT2D eigenvalue weighted by Crippen LogP contribution is 2.65. The first kappa shape index (κ1) is 22.8. The van der Waals surface area contributed by atoms with Gasteiger partial charge in [-0.25, -0.2) is 9.69 Å². The number of Topliss-reactive ketones (excluding diaryl/α,β-unsaturated/α-hetero) is 1. The summed E-state index contributed by atoms with van der Waals surface area (Å²) in [5.74, 6) is -0.633. The molecule has 8 rings (SSSR count). The van der Waals surface area contributed by atoms with Gasteiger partial charge in [0.05, 0.1) is 23.1 Å².